The van der Waals surface area contributed by atoms with Crippen molar-refractivity contribution in [2.24, 2.45) is 17.8 Å². The maximum atomic E-state index is 13.2. The summed E-state index contributed by atoms with van der Waals surface area (Å²) in [5.74, 6) is -0.404. The van der Waals surface area contributed by atoms with Gasteiger partial charge in [0.05, 0.1) is 6.10 Å². The minimum atomic E-state index is -2.12. The first kappa shape index (κ1) is 15.9. The van der Waals surface area contributed by atoms with Gasteiger partial charge in [-0.1, -0.05) is 0 Å². The molecule has 0 aromatic heterocycles. The zero-order valence-corrected chi connectivity index (χ0v) is 12.2. The van der Waals surface area contributed by atoms with Crippen LogP contribution in [0.15, 0.2) is 11.9 Å². The minimum absolute atomic E-state index is 0.411. The molecule has 2 rings (SSSR count). The molecule has 0 N–H and O–H groups in total. The van der Waals surface area contributed by atoms with Gasteiger partial charge in [0.15, 0.2) is 5.83 Å². The van der Waals surface area contributed by atoms with E-state index in [4.69, 9.17) is 4.74 Å². The van der Waals surface area contributed by atoms with Crippen molar-refractivity contribution >= 4 is 0 Å². The van der Waals surface area contributed by atoms with Crippen LogP contribution in [0.25, 0.3) is 0 Å². The van der Waals surface area contributed by atoms with Gasteiger partial charge in [-0.2, -0.15) is 8.78 Å². The summed E-state index contributed by atoms with van der Waals surface area (Å²) in [6.07, 6.45) is 5.84. The Morgan fingerprint density at radius 2 is 1.35 bits per heavy atom. The Bertz CT molecular complexity index is 323. The van der Waals surface area contributed by atoms with Crippen molar-refractivity contribution in [2.45, 2.75) is 64.4 Å². The second-order valence-electron chi connectivity index (χ2n) is 6.21. The normalized spacial score (nSPS) is 34.8. The third kappa shape index (κ3) is 4.00. The van der Waals surface area contributed by atoms with E-state index in [1.54, 1.807) is 0 Å². The van der Waals surface area contributed by atoms with Gasteiger partial charge in [0.2, 0.25) is 0 Å². The van der Waals surface area contributed by atoms with Crippen LogP contribution in [0, 0.1) is 17.8 Å². The van der Waals surface area contributed by atoms with E-state index in [0.29, 0.717) is 30.8 Å². The van der Waals surface area contributed by atoms with Gasteiger partial charge in [0, 0.05) is 12.5 Å². The third-order valence-corrected chi connectivity index (χ3v) is 5.10. The number of hydrogen-bond donors (Lipinski definition) is 0. The number of allylic oxidation sites excluding steroid dienone is 1. The van der Waals surface area contributed by atoms with E-state index < -0.39 is 17.8 Å². The smallest absolute Gasteiger partial charge is 0.301 e. The van der Waals surface area contributed by atoms with E-state index in [1.165, 1.54) is 12.8 Å². The van der Waals surface area contributed by atoms with Crippen LogP contribution in [-0.2, 0) is 4.74 Å². The molecule has 2 fully saturated rings. The molecule has 2 aliphatic rings. The Kier molecular flexibility index (Phi) is 5.94. The summed E-state index contributed by atoms with van der Waals surface area (Å²) in [6.45, 7) is 2.81. The summed E-state index contributed by atoms with van der Waals surface area (Å²) in [7, 11) is 0. The second kappa shape index (κ2) is 7.48. The molecule has 0 aromatic rings. The Labute approximate surface area is 119 Å². The van der Waals surface area contributed by atoms with Crippen molar-refractivity contribution < 1.29 is 17.9 Å². The fourth-order valence-electron chi connectivity index (χ4n) is 3.96. The molecule has 0 aromatic carbocycles. The van der Waals surface area contributed by atoms with Crippen LogP contribution in [0.5, 0.6) is 0 Å². The summed E-state index contributed by atoms with van der Waals surface area (Å²) >= 11 is 0. The lowest BCUT2D eigenvalue weighted by Crippen LogP contribution is -2.28. The Morgan fingerprint density at radius 3 is 1.80 bits per heavy atom. The van der Waals surface area contributed by atoms with Crippen LogP contribution >= 0.6 is 0 Å². The molecule has 0 spiro atoms. The molecule has 1 nitrogen and oxygen atoms in total. The average molecular weight is 290 g/mol. The highest BCUT2D eigenvalue weighted by atomic mass is 19.3. The van der Waals surface area contributed by atoms with E-state index in [9.17, 15) is 13.2 Å². The van der Waals surface area contributed by atoms with E-state index in [-0.39, 0.29) is 0 Å². The highest BCUT2D eigenvalue weighted by Crippen LogP contribution is 2.42. The standard InChI is InChI=1S/C16H25F3O/c1-2-20-14-9-7-12(8-10-14)11-3-5-13(6-4-11)15(17)16(18)19/h11-14H,2-10H2,1H3. The fourth-order valence-corrected chi connectivity index (χ4v) is 3.96. The molecule has 0 unspecified atom stereocenters. The monoisotopic (exact) mass is 290 g/mol. The summed E-state index contributed by atoms with van der Waals surface area (Å²) in [5.41, 5.74) is 0. The Hall–Kier alpha value is -0.510. The third-order valence-electron chi connectivity index (χ3n) is 5.10. The molecular formula is C16H25F3O. The van der Waals surface area contributed by atoms with Crippen molar-refractivity contribution in [1.29, 1.82) is 0 Å². The quantitative estimate of drug-likeness (QED) is 0.667. The predicted molar refractivity (Wildman–Crippen MR) is 73.2 cm³/mol. The van der Waals surface area contributed by atoms with Crippen LogP contribution in [0.4, 0.5) is 13.2 Å². The molecule has 0 amide bonds. The van der Waals surface area contributed by atoms with E-state index in [2.05, 4.69) is 0 Å². The van der Waals surface area contributed by atoms with E-state index >= 15 is 0 Å². The number of rotatable bonds is 4. The summed E-state index contributed by atoms with van der Waals surface area (Å²) in [6, 6.07) is 0. The molecule has 0 bridgehead atoms. The highest BCUT2D eigenvalue weighted by Gasteiger charge is 2.33. The SMILES string of the molecule is CCOC1CCC(C2CCC(C(F)=C(F)F)CC2)CC1. The second-order valence-corrected chi connectivity index (χ2v) is 6.21. The Morgan fingerprint density at radius 1 is 0.850 bits per heavy atom. The fraction of sp³-hybridized carbons (Fsp3) is 0.875. The van der Waals surface area contributed by atoms with Crippen LogP contribution in [-0.4, -0.2) is 12.7 Å². The molecule has 0 aliphatic heterocycles. The molecular weight excluding hydrogens is 265 g/mol. The molecule has 4 heteroatoms. The van der Waals surface area contributed by atoms with Crippen LogP contribution < -0.4 is 0 Å². The first-order valence-corrected chi connectivity index (χ1v) is 7.94. The van der Waals surface area contributed by atoms with Gasteiger partial charge >= 0.3 is 6.08 Å². The van der Waals surface area contributed by atoms with Gasteiger partial charge in [-0.25, -0.2) is 4.39 Å². The summed E-state index contributed by atoms with van der Waals surface area (Å²) in [5, 5.41) is 0. The van der Waals surface area contributed by atoms with E-state index in [1.807, 2.05) is 6.92 Å². The number of ether oxygens (including phenoxy) is 1. The zero-order chi connectivity index (χ0) is 14.5. The highest BCUT2D eigenvalue weighted by molar-refractivity contribution is 5.00. The molecule has 0 atom stereocenters. The van der Waals surface area contributed by atoms with E-state index in [0.717, 1.165) is 32.3 Å². The minimum Gasteiger partial charge on any atom is -0.379 e. The Balaban J connectivity index is 1.76. The first-order valence-electron chi connectivity index (χ1n) is 7.94. The predicted octanol–water partition coefficient (Wildman–Crippen LogP) is 5.47. The molecule has 20 heavy (non-hydrogen) atoms. The van der Waals surface area contributed by atoms with Crippen LogP contribution in [0.1, 0.15) is 58.3 Å². The van der Waals surface area contributed by atoms with Crippen LogP contribution in [0.3, 0.4) is 0 Å². The largest absolute Gasteiger partial charge is 0.379 e. The van der Waals surface area contributed by atoms with Crippen molar-refractivity contribution in [1.82, 2.24) is 0 Å². The molecule has 2 saturated carbocycles. The van der Waals surface area contributed by atoms with Gasteiger partial charge < -0.3 is 4.74 Å². The van der Waals surface area contributed by atoms with Gasteiger partial charge in [-0.15, -0.1) is 0 Å². The lowest BCUT2D eigenvalue weighted by atomic mass is 9.70. The number of hydrogen-bond acceptors (Lipinski definition) is 1. The first-order chi connectivity index (χ1) is 9.61. The maximum absolute atomic E-state index is 13.2. The molecule has 116 valence electrons. The lowest BCUT2D eigenvalue weighted by Gasteiger charge is -2.37. The van der Waals surface area contributed by atoms with Crippen molar-refractivity contribution in [3.63, 3.8) is 0 Å². The molecule has 2 aliphatic carbocycles. The van der Waals surface area contributed by atoms with Gasteiger partial charge in [-0.05, 0) is 70.1 Å². The molecule has 0 saturated heterocycles. The molecule has 0 heterocycles. The van der Waals surface area contributed by atoms with Gasteiger partial charge in [0.25, 0.3) is 0 Å². The summed E-state index contributed by atoms with van der Waals surface area (Å²) in [4.78, 5) is 0. The van der Waals surface area contributed by atoms with Crippen molar-refractivity contribution in [3.05, 3.63) is 11.9 Å². The number of halogens is 3. The van der Waals surface area contributed by atoms with Crippen molar-refractivity contribution in [3.8, 4) is 0 Å². The van der Waals surface area contributed by atoms with Gasteiger partial charge in [0.1, 0.15) is 0 Å². The topological polar surface area (TPSA) is 9.23 Å². The summed E-state index contributed by atoms with van der Waals surface area (Å²) < 4.78 is 43.4. The molecule has 0 radical (unpaired) electrons. The lowest BCUT2D eigenvalue weighted by molar-refractivity contribution is 0.0137. The van der Waals surface area contributed by atoms with Crippen molar-refractivity contribution in [2.75, 3.05) is 6.61 Å². The average Bonchev–Trinajstić information content (AvgIpc) is 2.48. The maximum Gasteiger partial charge on any atom is 0.301 e. The van der Waals surface area contributed by atoms with Crippen LogP contribution in [0.2, 0.25) is 0 Å². The zero-order valence-electron chi connectivity index (χ0n) is 12.2. The van der Waals surface area contributed by atoms with Gasteiger partial charge in [-0.3, -0.25) is 0 Å².